The number of nitrogens with zero attached hydrogens (tertiary/aromatic N) is 2. The Morgan fingerprint density at radius 2 is 2.05 bits per heavy atom. The van der Waals surface area contributed by atoms with Crippen LogP contribution in [0.2, 0.25) is 0 Å². The zero-order valence-electron chi connectivity index (χ0n) is 12.8. The van der Waals surface area contributed by atoms with Gasteiger partial charge in [-0.2, -0.15) is 0 Å². The molecule has 0 aliphatic carbocycles. The maximum atomic E-state index is 5.87. The third-order valence-electron chi connectivity index (χ3n) is 3.72. The van der Waals surface area contributed by atoms with Crippen LogP contribution in [0, 0.1) is 0 Å². The van der Waals surface area contributed by atoms with Crippen LogP contribution in [-0.4, -0.2) is 9.55 Å². The van der Waals surface area contributed by atoms with Crippen molar-refractivity contribution in [3.8, 4) is 0 Å². The molecular formula is C17H21N3S. The van der Waals surface area contributed by atoms with E-state index >= 15 is 0 Å². The second-order valence-corrected chi connectivity index (χ2v) is 7.32. The van der Waals surface area contributed by atoms with Gasteiger partial charge in [-0.15, -0.1) is 11.3 Å². The van der Waals surface area contributed by atoms with E-state index in [1.165, 1.54) is 16.5 Å². The van der Waals surface area contributed by atoms with Gasteiger partial charge in [0.25, 0.3) is 0 Å². The Balaban J connectivity index is 1.97. The minimum atomic E-state index is 0.107. The van der Waals surface area contributed by atoms with E-state index in [4.69, 9.17) is 10.7 Å². The standard InChI is InChI=1S/C17H21N3S/c1-17(2,3)14-11-21-15(19-14)10-20-8-7-12-5-4-6-13(9-18)16(12)20/h4-8,11H,9-10,18H2,1-3H3. The fourth-order valence-electron chi connectivity index (χ4n) is 2.51. The number of fused-ring (bicyclic) bond motifs is 1. The molecule has 0 bridgehead atoms. The molecule has 0 aliphatic rings. The molecule has 0 saturated heterocycles. The van der Waals surface area contributed by atoms with Gasteiger partial charge in [-0.1, -0.05) is 39.0 Å². The summed E-state index contributed by atoms with van der Waals surface area (Å²) in [6.45, 7) is 7.96. The molecule has 0 aliphatic heterocycles. The predicted molar refractivity (Wildman–Crippen MR) is 89.7 cm³/mol. The van der Waals surface area contributed by atoms with Gasteiger partial charge in [0.1, 0.15) is 5.01 Å². The van der Waals surface area contributed by atoms with Crippen LogP contribution in [0.15, 0.2) is 35.8 Å². The molecule has 21 heavy (non-hydrogen) atoms. The van der Waals surface area contributed by atoms with Crippen LogP contribution < -0.4 is 5.73 Å². The highest BCUT2D eigenvalue weighted by molar-refractivity contribution is 7.09. The summed E-state index contributed by atoms with van der Waals surface area (Å²) in [7, 11) is 0. The number of thiazole rings is 1. The number of benzene rings is 1. The molecule has 0 unspecified atom stereocenters. The number of hydrogen-bond donors (Lipinski definition) is 1. The molecule has 0 spiro atoms. The third kappa shape index (κ3) is 2.74. The van der Waals surface area contributed by atoms with Crippen LogP contribution in [-0.2, 0) is 18.5 Å². The summed E-state index contributed by atoms with van der Waals surface area (Å²) < 4.78 is 2.25. The Labute approximate surface area is 129 Å². The summed E-state index contributed by atoms with van der Waals surface area (Å²) in [5.41, 5.74) is 9.56. The van der Waals surface area contributed by atoms with Gasteiger partial charge >= 0.3 is 0 Å². The molecule has 3 rings (SSSR count). The van der Waals surface area contributed by atoms with Gasteiger partial charge < -0.3 is 10.3 Å². The molecule has 2 N–H and O–H groups in total. The van der Waals surface area contributed by atoms with E-state index in [-0.39, 0.29) is 5.41 Å². The van der Waals surface area contributed by atoms with E-state index in [0.29, 0.717) is 6.54 Å². The quantitative estimate of drug-likeness (QED) is 0.797. The summed E-state index contributed by atoms with van der Waals surface area (Å²) in [6.07, 6.45) is 2.13. The summed E-state index contributed by atoms with van der Waals surface area (Å²) in [5, 5.41) is 4.56. The van der Waals surface area contributed by atoms with Crippen molar-refractivity contribution in [2.75, 3.05) is 0 Å². The molecule has 0 atom stereocenters. The molecular weight excluding hydrogens is 278 g/mol. The van der Waals surface area contributed by atoms with E-state index in [2.05, 4.69) is 61.2 Å². The lowest BCUT2D eigenvalue weighted by Crippen LogP contribution is -2.12. The SMILES string of the molecule is CC(C)(C)c1csc(Cn2ccc3cccc(CN)c32)n1. The van der Waals surface area contributed by atoms with Crippen LogP contribution in [0.25, 0.3) is 10.9 Å². The number of hydrogen-bond acceptors (Lipinski definition) is 3. The van der Waals surface area contributed by atoms with Gasteiger partial charge in [0.15, 0.2) is 0 Å². The molecule has 0 saturated carbocycles. The molecule has 3 aromatic rings. The van der Waals surface area contributed by atoms with Gasteiger partial charge in [-0.3, -0.25) is 0 Å². The van der Waals surface area contributed by atoms with E-state index in [9.17, 15) is 0 Å². The maximum Gasteiger partial charge on any atom is 0.113 e. The van der Waals surface area contributed by atoms with Gasteiger partial charge in [-0.25, -0.2) is 4.98 Å². The van der Waals surface area contributed by atoms with E-state index in [0.717, 1.165) is 17.2 Å². The van der Waals surface area contributed by atoms with E-state index in [1.54, 1.807) is 11.3 Å². The van der Waals surface area contributed by atoms with Crippen molar-refractivity contribution in [2.24, 2.45) is 5.73 Å². The fourth-order valence-corrected chi connectivity index (χ4v) is 3.53. The minimum absolute atomic E-state index is 0.107. The maximum absolute atomic E-state index is 5.87. The Morgan fingerprint density at radius 3 is 2.71 bits per heavy atom. The van der Waals surface area contributed by atoms with Gasteiger partial charge in [0.2, 0.25) is 0 Å². The average Bonchev–Trinajstić information content (AvgIpc) is 3.06. The molecule has 2 heterocycles. The lowest BCUT2D eigenvalue weighted by molar-refractivity contribution is 0.570. The number of rotatable bonds is 3. The second-order valence-electron chi connectivity index (χ2n) is 6.38. The van der Waals surface area contributed by atoms with Crippen LogP contribution in [0.5, 0.6) is 0 Å². The summed E-state index contributed by atoms with van der Waals surface area (Å²) in [5.74, 6) is 0. The van der Waals surface area contributed by atoms with Gasteiger partial charge in [0.05, 0.1) is 17.8 Å². The Hall–Kier alpha value is -1.65. The van der Waals surface area contributed by atoms with Crippen molar-refractivity contribution >= 4 is 22.2 Å². The molecule has 0 fully saturated rings. The molecule has 2 aromatic heterocycles. The van der Waals surface area contributed by atoms with Crippen molar-refractivity contribution in [2.45, 2.75) is 39.3 Å². The second kappa shape index (κ2) is 5.28. The van der Waals surface area contributed by atoms with Gasteiger partial charge in [-0.05, 0) is 17.0 Å². The van der Waals surface area contributed by atoms with Crippen molar-refractivity contribution in [1.82, 2.24) is 9.55 Å². The normalized spacial score (nSPS) is 12.2. The van der Waals surface area contributed by atoms with E-state index < -0.39 is 0 Å². The van der Waals surface area contributed by atoms with Crippen LogP contribution in [0.3, 0.4) is 0 Å². The monoisotopic (exact) mass is 299 g/mol. The molecule has 4 heteroatoms. The lowest BCUT2D eigenvalue weighted by Gasteiger charge is -2.14. The first-order valence-corrected chi connectivity index (χ1v) is 8.08. The average molecular weight is 299 g/mol. The Morgan fingerprint density at radius 1 is 1.24 bits per heavy atom. The molecule has 3 nitrogen and oxygen atoms in total. The van der Waals surface area contributed by atoms with Crippen molar-refractivity contribution < 1.29 is 0 Å². The highest BCUT2D eigenvalue weighted by atomic mass is 32.1. The van der Waals surface area contributed by atoms with Crippen molar-refractivity contribution in [1.29, 1.82) is 0 Å². The largest absolute Gasteiger partial charge is 0.340 e. The molecule has 1 aromatic carbocycles. The first-order chi connectivity index (χ1) is 9.99. The Kier molecular flexibility index (Phi) is 3.59. The highest BCUT2D eigenvalue weighted by Crippen LogP contribution is 2.26. The lowest BCUT2D eigenvalue weighted by atomic mass is 9.93. The summed E-state index contributed by atoms with van der Waals surface area (Å²) in [6, 6.07) is 8.44. The smallest absolute Gasteiger partial charge is 0.113 e. The highest BCUT2D eigenvalue weighted by Gasteiger charge is 2.17. The topological polar surface area (TPSA) is 43.8 Å². The number of nitrogens with two attached hydrogens (primary N) is 1. The summed E-state index contributed by atoms with van der Waals surface area (Å²) >= 11 is 1.73. The number of aromatic nitrogens is 2. The molecule has 0 radical (unpaired) electrons. The first kappa shape index (κ1) is 14.3. The van der Waals surface area contributed by atoms with Crippen LogP contribution in [0.4, 0.5) is 0 Å². The Bertz CT molecular complexity index is 762. The molecule has 110 valence electrons. The van der Waals surface area contributed by atoms with Crippen molar-refractivity contribution in [3.05, 3.63) is 52.1 Å². The van der Waals surface area contributed by atoms with Gasteiger partial charge in [0, 0.05) is 23.5 Å². The van der Waals surface area contributed by atoms with Crippen LogP contribution >= 0.6 is 11.3 Å². The predicted octanol–water partition coefficient (Wildman–Crippen LogP) is 3.90. The minimum Gasteiger partial charge on any atom is -0.340 e. The first-order valence-electron chi connectivity index (χ1n) is 7.21. The zero-order chi connectivity index (χ0) is 15.0. The zero-order valence-corrected chi connectivity index (χ0v) is 13.6. The number of para-hydroxylation sites is 1. The molecule has 0 amide bonds. The summed E-state index contributed by atoms with van der Waals surface area (Å²) in [4.78, 5) is 4.79. The van der Waals surface area contributed by atoms with Crippen LogP contribution in [0.1, 0.15) is 37.0 Å². The van der Waals surface area contributed by atoms with Crippen molar-refractivity contribution in [3.63, 3.8) is 0 Å². The third-order valence-corrected chi connectivity index (χ3v) is 4.55. The fraction of sp³-hybridized carbons (Fsp3) is 0.353. The van der Waals surface area contributed by atoms with E-state index in [1.807, 2.05) is 0 Å².